The van der Waals surface area contributed by atoms with Gasteiger partial charge < -0.3 is 13.9 Å². The Hall–Kier alpha value is -4.21. The molecule has 0 radical (unpaired) electrons. The molecule has 0 saturated heterocycles. The molecule has 1 aliphatic heterocycles. The summed E-state index contributed by atoms with van der Waals surface area (Å²) in [5, 5.41) is 5.85. The number of methoxy groups -OCH3 is 1. The molecule has 0 N–H and O–H groups in total. The lowest BCUT2D eigenvalue weighted by molar-refractivity contribution is 0.416. The van der Waals surface area contributed by atoms with Crippen molar-refractivity contribution in [3.63, 3.8) is 0 Å². The van der Waals surface area contributed by atoms with E-state index >= 15 is 0 Å². The summed E-state index contributed by atoms with van der Waals surface area (Å²) in [5.41, 5.74) is 2.83. The van der Waals surface area contributed by atoms with Gasteiger partial charge in [0.2, 0.25) is 5.88 Å². The first-order chi connectivity index (χ1) is 18.5. The molecule has 38 heavy (non-hydrogen) atoms. The molecule has 186 valence electrons. The molecule has 1 atom stereocenters. The van der Waals surface area contributed by atoms with Crippen molar-refractivity contribution in [1.29, 1.82) is 0 Å². The highest BCUT2D eigenvalue weighted by Gasteiger charge is 2.38. The van der Waals surface area contributed by atoms with Crippen molar-refractivity contribution < 1.29 is 13.9 Å². The van der Waals surface area contributed by atoms with Crippen molar-refractivity contribution in [1.82, 2.24) is 19.6 Å². The van der Waals surface area contributed by atoms with Gasteiger partial charge in [-0.15, -0.1) is 5.10 Å². The van der Waals surface area contributed by atoms with Gasteiger partial charge in [0.15, 0.2) is 17.2 Å². The Morgan fingerprint density at radius 3 is 2.71 bits per heavy atom. The predicted molar refractivity (Wildman–Crippen MR) is 145 cm³/mol. The summed E-state index contributed by atoms with van der Waals surface area (Å²) in [5.74, 6) is 1.11. The average Bonchev–Trinajstić information content (AvgIpc) is 3.37. The summed E-state index contributed by atoms with van der Waals surface area (Å²) < 4.78 is 20.0. The molecule has 0 bridgehead atoms. The van der Waals surface area contributed by atoms with Crippen LogP contribution in [0.5, 0.6) is 17.4 Å². The van der Waals surface area contributed by atoms with Crippen molar-refractivity contribution in [2.75, 3.05) is 7.11 Å². The quantitative estimate of drug-likeness (QED) is 0.215. The Morgan fingerprint density at radius 2 is 1.87 bits per heavy atom. The van der Waals surface area contributed by atoms with Crippen molar-refractivity contribution in [2.24, 2.45) is 0 Å². The maximum absolute atomic E-state index is 13.5. The van der Waals surface area contributed by atoms with Crippen molar-refractivity contribution in [3.05, 3.63) is 110 Å². The van der Waals surface area contributed by atoms with E-state index in [4.69, 9.17) is 30.5 Å². The second-order valence-electron chi connectivity index (χ2n) is 8.70. The largest absolute Gasteiger partial charge is 0.496 e. The molecule has 3 aromatic heterocycles. The van der Waals surface area contributed by atoms with Crippen molar-refractivity contribution in [2.45, 2.75) is 5.92 Å². The minimum atomic E-state index is -0.598. The van der Waals surface area contributed by atoms with Crippen LogP contribution in [0.15, 0.2) is 86.7 Å². The predicted octanol–water partition coefficient (Wildman–Crippen LogP) is 6.61. The third kappa shape index (κ3) is 3.43. The highest BCUT2D eigenvalue weighted by atomic mass is 79.9. The lowest BCUT2D eigenvalue weighted by Gasteiger charge is -2.27. The number of fused-ring (bicyclic) bond motifs is 6. The van der Waals surface area contributed by atoms with Gasteiger partial charge in [0.1, 0.15) is 17.7 Å². The SMILES string of the molecule is COc1ccc(Cl)cc1-c1nc2c3c(ncn2n1)Oc1c(c(=O)oc2ccccc12)C3c1ccccc1Br. The van der Waals surface area contributed by atoms with Crippen LogP contribution in [0.4, 0.5) is 0 Å². The van der Waals surface area contributed by atoms with Gasteiger partial charge in [0.05, 0.1) is 35.1 Å². The summed E-state index contributed by atoms with van der Waals surface area (Å²) in [4.78, 5) is 23.0. The molecular weight excluding hydrogens is 572 g/mol. The third-order valence-corrected chi connectivity index (χ3v) is 7.54. The van der Waals surface area contributed by atoms with Crippen molar-refractivity contribution in [3.8, 4) is 28.8 Å². The van der Waals surface area contributed by atoms with Gasteiger partial charge in [-0.3, -0.25) is 0 Å². The van der Waals surface area contributed by atoms with Gasteiger partial charge in [0, 0.05) is 9.50 Å². The molecule has 10 heteroatoms. The van der Waals surface area contributed by atoms with Gasteiger partial charge in [-0.1, -0.05) is 57.9 Å². The number of benzene rings is 3. The van der Waals surface area contributed by atoms with Crippen LogP contribution in [0.25, 0.3) is 28.0 Å². The summed E-state index contributed by atoms with van der Waals surface area (Å²) in [7, 11) is 1.57. The number of nitrogens with zero attached hydrogens (tertiary/aromatic N) is 4. The van der Waals surface area contributed by atoms with E-state index in [1.54, 1.807) is 35.9 Å². The molecule has 0 saturated carbocycles. The van der Waals surface area contributed by atoms with E-state index in [0.29, 0.717) is 61.5 Å². The number of para-hydroxylation sites is 1. The Bertz CT molecular complexity index is 1970. The maximum atomic E-state index is 13.5. The van der Waals surface area contributed by atoms with E-state index in [9.17, 15) is 4.79 Å². The Balaban J connectivity index is 1.56. The van der Waals surface area contributed by atoms with Crippen LogP contribution in [-0.4, -0.2) is 26.7 Å². The zero-order chi connectivity index (χ0) is 26.0. The highest BCUT2D eigenvalue weighted by Crippen LogP contribution is 2.50. The van der Waals surface area contributed by atoms with Crippen LogP contribution >= 0.6 is 27.5 Å². The first-order valence-corrected chi connectivity index (χ1v) is 12.8. The Kier molecular flexibility index (Phi) is 5.24. The van der Waals surface area contributed by atoms with Crippen LogP contribution in [0, 0.1) is 0 Å². The number of hydrogen-bond donors (Lipinski definition) is 0. The molecule has 4 heterocycles. The lowest BCUT2D eigenvalue weighted by atomic mass is 9.84. The van der Waals surface area contributed by atoms with Crippen molar-refractivity contribution >= 4 is 44.1 Å². The normalized spacial score (nSPS) is 14.2. The molecule has 0 fully saturated rings. The third-order valence-electron chi connectivity index (χ3n) is 6.58. The van der Waals surface area contributed by atoms with Gasteiger partial charge in [-0.05, 0) is 42.0 Å². The van der Waals surface area contributed by atoms with Gasteiger partial charge in [-0.2, -0.15) is 0 Å². The van der Waals surface area contributed by atoms with E-state index in [0.717, 1.165) is 10.0 Å². The first kappa shape index (κ1) is 22.9. The zero-order valence-corrected chi connectivity index (χ0v) is 22.0. The molecule has 1 unspecified atom stereocenters. The number of hydrogen-bond acceptors (Lipinski definition) is 7. The summed E-state index contributed by atoms with van der Waals surface area (Å²) >= 11 is 9.95. The molecule has 0 aliphatic carbocycles. The lowest BCUT2D eigenvalue weighted by Crippen LogP contribution is -2.22. The van der Waals surface area contributed by atoms with Crippen LogP contribution in [-0.2, 0) is 0 Å². The van der Waals surface area contributed by atoms with E-state index in [1.807, 2.05) is 42.5 Å². The highest BCUT2D eigenvalue weighted by molar-refractivity contribution is 9.10. The number of halogens is 2. The van der Waals surface area contributed by atoms with E-state index in [1.165, 1.54) is 6.33 Å². The number of aromatic nitrogens is 4. The summed E-state index contributed by atoms with van der Waals surface area (Å²) in [6, 6.07) is 20.2. The van der Waals surface area contributed by atoms with Gasteiger partial charge in [0.25, 0.3) is 0 Å². The molecule has 8 nitrogen and oxygen atoms in total. The molecule has 1 aliphatic rings. The van der Waals surface area contributed by atoms with Crippen LogP contribution in [0.1, 0.15) is 22.6 Å². The molecule has 0 spiro atoms. The molecule has 3 aromatic carbocycles. The fraction of sp³-hybridized carbons (Fsp3) is 0.0714. The zero-order valence-electron chi connectivity index (χ0n) is 19.7. The second kappa shape index (κ2) is 8.68. The molecule has 7 rings (SSSR count). The minimum Gasteiger partial charge on any atom is -0.496 e. The van der Waals surface area contributed by atoms with Crippen LogP contribution < -0.4 is 15.1 Å². The van der Waals surface area contributed by atoms with Gasteiger partial charge in [-0.25, -0.2) is 19.3 Å². The van der Waals surface area contributed by atoms with Crippen LogP contribution in [0.3, 0.4) is 0 Å². The topological polar surface area (TPSA) is 91.8 Å². The number of ether oxygens (including phenoxy) is 2. The van der Waals surface area contributed by atoms with E-state index in [2.05, 4.69) is 26.0 Å². The summed E-state index contributed by atoms with van der Waals surface area (Å²) in [6.45, 7) is 0. The second-order valence-corrected chi connectivity index (χ2v) is 9.99. The summed E-state index contributed by atoms with van der Waals surface area (Å²) in [6.07, 6.45) is 1.54. The fourth-order valence-electron chi connectivity index (χ4n) is 4.92. The van der Waals surface area contributed by atoms with E-state index < -0.39 is 11.5 Å². The number of rotatable bonds is 3. The van der Waals surface area contributed by atoms with Crippen LogP contribution in [0.2, 0.25) is 5.02 Å². The first-order valence-electron chi connectivity index (χ1n) is 11.6. The fourth-order valence-corrected chi connectivity index (χ4v) is 5.60. The average molecular weight is 588 g/mol. The Morgan fingerprint density at radius 1 is 1.05 bits per heavy atom. The standard InChI is InChI=1S/C28H16BrClN4O4/c1-36-19-11-10-14(30)12-17(19)25-32-26-23-21(15-6-2-4-8-18(15)29)22-24(38-27(23)31-13-34(26)33-25)16-7-3-5-9-20(16)37-28(22)35/h2-13,21H,1H3. The molecule has 6 aromatic rings. The van der Waals surface area contributed by atoms with E-state index in [-0.39, 0.29) is 0 Å². The molecule has 0 amide bonds. The molecular formula is C28H16BrClN4O4. The smallest absolute Gasteiger partial charge is 0.344 e. The van der Waals surface area contributed by atoms with Gasteiger partial charge >= 0.3 is 5.63 Å². The monoisotopic (exact) mass is 586 g/mol. The Labute approximate surface area is 228 Å². The maximum Gasteiger partial charge on any atom is 0.344 e. The minimum absolute atomic E-state index is 0.332.